The van der Waals surface area contributed by atoms with E-state index in [9.17, 15) is 10.1 Å². The molecule has 0 aliphatic heterocycles. The minimum atomic E-state index is -0.448. The van der Waals surface area contributed by atoms with Crippen LogP contribution in [0.15, 0.2) is 18.2 Å². The van der Waals surface area contributed by atoms with Crippen LogP contribution in [0.3, 0.4) is 0 Å². The molecule has 1 aromatic rings. The third-order valence-electron chi connectivity index (χ3n) is 2.14. The lowest BCUT2D eigenvalue weighted by Gasteiger charge is -2.12. The van der Waals surface area contributed by atoms with Gasteiger partial charge in [0.05, 0.1) is 11.0 Å². The predicted molar refractivity (Wildman–Crippen MR) is 63.1 cm³/mol. The number of nitrogens with one attached hydrogen (secondary N) is 1. The van der Waals surface area contributed by atoms with E-state index in [2.05, 4.69) is 5.32 Å². The zero-order chi connectivity index (χ0) is 12.1. The molecule has 1 unspecified atom stereocenters. The molecule has 6 heteroatoms. The van der Waals surface area contributed by atoms with Crippen LogP contribution in [0.4, 0.5) is 11.4 Å². The van der Waals surface area contributed by atoms with Gasteiger partial charge in [-0.05, 0) is 19.1 Å². The van der Waals surface area contributed by atoms with Crippen molar-refractivity contribution in [3.63, 3.8) is 0 Å². The van der Waals surface area contributed by atoms with Crippen LogP contribution >= 0.6 is 11.6 Å². The van der Waals surface area contributed by atoms with Crippen LogP contribution in [-0.4, -0.2) is 24.7 Å². The summed E-state index contributed by atoms with van der Waals surface area (Å²) in [5.41, 5.74) is 0.411. The van der Waals surface area contributed by atoms with Crippen molar-refractivity contribution in [1.29, 1.82) is 0 Å². The second kappa shape index (κ2) is 5.67. The fraction of sp³-hybridized carbons (Fsp3) is 0.400. The second-order valence-corrected chi connectivity index (χ2v) is 3.78. The van der Waals surface area contributed by atoms with E-state index in [1.807, 2.05) is 6.92 Å². The number of rotatable bonds is 5. The molecule has 0 heterocycles. The summed E-state index contributed by atoms with van der Waals surface area (Å²) in [6.07, 6.45) is -0.0291. The molecular formula is C10H13ClN2O3. The summed E-state index contributed by atoms with van der Waals surface area (Å²) in [5.74, 6) is 0. The molecule has 88 valence electrons. The summed E-state index contributed by atoms with van der Waals surface area (Å²) < 4.78 is 5.04. The van der Waals surface area contributed by atoms with Crippen molar-refractivity contribution in [2.24, 2.45) is 0 Å². The van der Waals surface area contributed by atoms with E-state index in [1.165, 1.54) is 18.2 Å². The number of halogens is 1. The van der Waals surface area contributed by atoms with Crippen molar-refractivity contribution >= 4 is 23.0 Å². The molecule has 0 aliphatic rings. The Bertz CT molecular complexity index is 384. The van der Waals surface area contributed by atoms with E-state index < -0.39 is 4.92 Å². The second-order valence-electron chi connectivity index (χ2n) is 3.35. The monoisotopic (exact) mass is 244 g/mol. The summed E-state index contributed by atoms with van der Waals surface area (Å²) in [4.78, 5) is 10.3. The van der Waals surface area contributed by atoms with Gasteiger partial charge in [-0.25, -0.2) is 0 Å². The minimum Gasteiger partial charge on any atom is -0.380 e. The molecule has 0 aromatic heterocycles. The smallest absolute Gasteiger partial charge is 0.292 e. The average Bonchev–Trinajstić information content (AvgIpc) is 2.25. The van der Waals surface area contributed by atoms with E-state index in [4.69, 9.17) is 16.3 Å². The van der Waals surface area contributed by atoms with Gasteiger partial charge in [-0.3, -0.25) is 10.1 Å². The third-order valence-corrected chi connectivity index (χ3v) is 2.37. The summed E-state index contributed by atoms with van der Waals surface area (Å²) in [5, 5.41) is 14.1. The number of anilines is 1. The lowest BCUT2D eigenvalue weighted by Crippen LogP contribution is -2.18. The molecule has 1 aromatic carbocycles. The highest BCUT2D eigenvalue weighted by Crippen LogP contribution is 2.27. The topological polar surface area (TPSA) is 64.4 Å². The number of benzene rings is 1. The summed E-state index contributed by atoms with van der Waals surface area (Å²) in [6, 6.07) is 4.40. The fourth-order valence-electron chi connectivity index (χ4n) is 1.15. The first-order valence-electron chi connectivity index (χ1n) is 4.75. The maximum absolute atomic E-state index is 10.7. The van der Waals surface area contributed by atoms with E-state index in [1.54, 1.807) is 7.11 Å². The first kappa shape index (κ1) is 12.7. The number of hydrogen-bond acceptors (Lipinski definition) is 4. The molecule has 16 heavy (non-hydrogen) atoms. The molecule has 1 atom stereocenters. The van der Waals surface area contributed by atoms with Crippen molar-refractivity contribution in [2.45, 2.75) is 13.0 Å². The lowest BCUT2D eigenvalue weighted by atomic mass is 10.2. The van der Waals surface area contributed by atoms with Gasteiger partial charge in [0.25, 0.3) is 5.69 Å². The maximum Gasteiger partial charge on any atom is 0.292 e. The highest BCUT2D eigenvalue weighted by molar-refractivity contribution is 6.31. The average molecular weight is 245 g/mol. The van der Waals surface area contributed by atoms with Gasteiger partial charge in [0.1, 0.15) is 5.69 Å². The van der Waals surface area contributed by atoms with Crippen molar-refractivity contribution in [1.82, 2.24) is 0 Å². The highest BCUT2D eigenvalue weighted by atomic mass is 35.5. The molecule has 0 spiro atoms. The number of nitro benzene ring substituents is 1. The van der Waals surface area contributed by atoms with Crippen LogP contribution in [0.2, 0.25) is 5.02 Å². The molecule has 0 saturated heterocycles. The first-order chi connectivity index (χ1) is 7.54. The SMILES string of the molecule is COC(C)CNc1cc(Cl)ccc1[N+](=O)[O-]. The first-order valence-corrected chi connectivity index (χ1v) is 5.13. The molecule has 0 fully saturated rings. The van der Waals surface area contributed by atoms with Gasteiger partial charge in [-0.15, -0.1) is 0 Å². The van der Waals surface area contributed by atoms with Crippen LogP contribution < -0.4 is 5.32 Å². The van der Waals surface area contributed by atoms with Crippen LogP contribution in [0, 0.1) is 10.1 Å². The zero-order valence-corrected chi connectivity index (χ0v) is 9.82. The summed E-state index contributed by atoms with van der Waals surface area (Å²) in [7, 11) is 1.58. The van der Waals surface area contributed by atoms with Gasteiger partial charge >= 0.3 is 0 Å². The summed E-state index contributed by atoms with van der Waals surface area (Å²) >= 11 is 5.78. The van der Waals surface area contributed by atoms with E-state index in [0.29, 0.717) is 17.3 Å². The normalized spacial score (nSPS) is 12.2. The predicted octanol–water partition coefficient (Wildman–Crippen LogP) is 2.70. The van der Waals surface area contributed by atoms with Gasteiger partial charge in [0.2, 0.25) is 0 Å². The quantitative estimate of drug-likeness (QED) is 0.639. The zero-order valence-electron chi connectivity index (χ0n) is 9.07. The highest BCUT2D eigenvalue weighted by Gasteiger charge is 2.14. The van der Waals surface area contributed by atoms with Gasteiger partial charge < -0.3 is 10.1 Å². The van der Waals surface area contributed by atoms with Crippen molar-refractivity contribution in [2.75, 3.05) is 19.0 Å². The van der Waals surface area contributed by atoms with Crippen molar-refractivity contribution in [3.05, 3.63) is 33.3 Å². The molecule has 0 aliphatic carbocycles. The molecule has 0 bridgehead atoms. The Morgan fingerprint density at radius 3 is 2.88 bits per heavy atom. The van der Waals surface area contributed by atoms with E-state index in [-0.39, 0.29) is 11.8 Å². The Hall–Kier alpha value is -1.33. The van der Waals surface area contributed by atoms with Gasteiger partial charge in [0.15, 0.2) is 0 Å². The van der Waals surface area contributed by atoms with Crippen LogP contribution in [-0.2, 0) is 4.74 Å². The van der Waals surface area contributed by atoms with E-state index in [0.717, 1.165) is 0 Å². The standard InChI is InChI=1S/C10H13ClN2O3/c1-7(16-2)6-12-9-5-8(11)3-4-10(9)13(14)15/h3-5,7,12H,6H2,1-2H3. The van der Waals surface area contributed by atoms with Gasteiger partial charge in [0, 0.05) is 24.7 Å². The number of nitrogens with zero attached hydrogens (tertiary/aromatic N) is 1. The van der Waals surface area contributed by atoms with Crippen LogP contribution in [0.1, 0.15) is 6.92 Å². The summed E-state index contributed by atoms with van der Waals surface area (Å²) in [6.45, 7) is 2.35. The van der Waals surface area contributed by atoms with Gasteiger partial charge in [-0.2, -0.15) is 0 Å². The molecule has 0 amide bonds. The maximum atomic E-state index is 10.7. The Morgan fingerprint density at radius 1 is 1.62 bits per heavy atom. The lowest BCUT2D eigenvalue weighted by molar-refractivity contribution is -0.384. The third kappa shape index (κ3) is 3.36. The molecule has 5 nitrogen and oxygen atoms in total. The molecule has 0 saturated carbocycles. The molecule has 1 N–H and O–H groups in total. The number of ether oxygens (including phenoxy) is 1. The Labute approximate surface area is 98.5 Å². The molecule has 0 radical (unpaired) electrons. The fourth-order valence-corrected chi connectivity index (χ4v) is 1.32. The van der Waals surface area contributed by atoms with Crippen LogP contribution in [0.5, 0.6) is 0 Å². The van der Waals surface area contributed by atoms with Crippen molar-refractivity contribution in [3.8, 4) is 0 Å². The largest absolute Gasteiger partial charge is 0.380 e. The van der Waals surface area contributed by atoms with E-state index >= 15 is 0 Å². The van der Waals surface area contributed by atoms with Crippen LogP contribution in [0.25, 0.3) is 0 Å². The minimum absolute atomic E-state index is 0.00713. The molecule has 1 rings (SSSR count). The Balaban J connectivity index is 2.84. The van der Waals surface area contributed by atoms with Crippen molar-refractivity contribution < 1.29 is 9.66 Å². The number of nitro groups is 1. The number of hydrogen-bond donors (Lipinski definition) is 1. The Kier molecular flexibility index (Phi) is 4.52. The molecular weight excluding hydrogens is 232 g/mol. The Morgan fingerprint density at radius 2 is 2.31 bits per heavy atom. The van der Waals surface area contributed by atoms with Gasteiger partial charge in [-0.1, -0.05) is 11.6 Å². The number of methoxy groups -OCH3 is 1.